The molecule has 1 aliphatic rings. The summed E-state index contributed by atoms with van der Waals surface area (Å²) < 4.78 is 8.10. The second-order valence-corrected chi connectivity index (χ2v) is 11.5. The summed E-state index contributed by atoms with van der Waals surface area (Å²) in [6, 6.07) is 8.21. The maximum absolute atomic E-state index is 8.31. The number of ether oxygens (including phenoxy) is 1. The average molecular weight is 546 g/mol. The van der Waals surface area contributed by atoms with E-state index in [9.17, 15) is 0 Å². The number of nitrogens with zero attached hydrogens (tertiary/aromatic N) is 4. The van der Waals surface area contributed by atoms with Gasteiger partial charge in [0.15, 0.2) is 0 Å². The smallest absolute Gasteiger partial charge is 0.143 e. The molecule has 9 heteroatoms. The number of benzene rings is 1. The number of rotatable bonds is 8. The molecule has 3 N–H and O–H groups in total. The normalized spacial score (nSPS) is 14.2. The molecule has 3 aromatic rings. The van der Waals surface area contributed by atoms with Crippen molar-refractivity contribution in [1.82, 2.24) is 14.5 Å². The summed E-state index contributed by atoms with van der Waals surface area (Å²) in [4.78, 5) is 12.3. The third-order valence-corrected chi connectivity index (χ3v) is 7.84. The van der Waals surface area contributed by atoms with Gasteiger partial charge in [0.1, 0.15) is 23.2 Å². The third-order valence-electron chi connectivity index (χ3n) is 6.91. The standard InChI is InChI=1S/C30H39N7OS/c1-19(2)14-23-15-26(28-17-33-21(4)39-28)37(24-10-8-7-9-11-24)30(23)35-20(3)34-25-13-12-22(16-27(25)38-6)29(32)36(5)18-31/h12-18,24,31-32H,7-11H2,1-6H3,(H,34,35). The van der Waals surface area contributed by atoms with E-state index >= 15 is 0 Å². The quantitative estimate of drug-likeness (QED) is 0.198. The molecule has 39 heavy (non-hydrogen) atoms. The molecular formula is C30H39N7OS. The summed E-state index contributed by atoms with van der Waals surface area (Å²) >= 11 is 1.73. The van der Waals surface area contributed by atoms with Crippen LogP contribution in [0, 0.1) is 17.7 Å². The molecule has 0 bridgehead atoms. The zero-order valence-corrected chi connectivity index (χ0v) is 24.6. The monoisotopic (exact) mass is 545 g/mol. The van der Waals surface area contributed by atoms with Crippen molar-refractivity contribution >= 4 is 46.9 Å². The van der Waals surface area contributed by atoms with Gasteiger partial charge in [-0.1, -0.05) is 30.9 Å². The van der Waals surface area contributed by atoms with Crippen molar-refractivity contribution in [2.24, 2.45) is 4.99 Å². The summed E-state index contributed by atoms with van der Waals surface area (Å²) in [5, 5.41) is 20.2. The van der Waals surface area contributed by atoms with E-state index in [0.717, 1.165) is 47.1 Å². The van der Waals surface area contributed by atoms with Crippen molar-refractivity contribution in [2.75, 3.05) is 19.5 Å². The van der Waals surface area contributed by atoms with E-state index in [4.69, 9.17) is 20.5 Å². The van der Waals surface area contributed by atoms with Crippen LogP contribution >= 0.6 is 11.3 Å². The molecule has 1 aliphatic carbocycles. The Morgan fingerprint density at radius 2 is 1.95 bits per heavy atom. The molecule has 0 saturated heterocycles. The van der Waals surface area contributed by atoms with Crippen LogP contribution in [0.4, 0.5) is 11.5 Å². The molecule has 0 radical (unpaired) electrons. The summed E-state index contributed by atoms with van der Waals surface area (Å²) in [5.41, 5.74) is 4.94. The van der Waals surface area contributed by atoms with Gasteiger partial charge in [0.05, 0.1) is 34.7 Å². The molecule has 0 aliphatic heterocycles. The SMILES string of the molecule is COc1cc(C(=N)N(C)C=N)ccc1N/C(C)=N/c1c(C=C(C)C)cc(-c2cnc(C)s2)n1C1CCCCC1. The first-order valence-corrected chi connectivity index (χ1v) is 14.2. The summed E-state index contributed by atoms with van der Waals surface area (Å²) in [7, 11) is 3.29. The first-order valence-electron chi connectivity index (χ1n) is 13.4. The van der Waals surface area contributed by atoms with Gasteiger partial charge in [0.25, 0.3) is 0 Å². The van der Waals surface area contributed by atoms with Gasteiger partial charge in [0.2, 0.25) is 0 Å². The lowest BCUT2D eigenvalue weighted by Crippen LogP contribution is -2.24. The zero-order valence-electron chi connectivity index (χ0n) is 23.8. The Hall–Kier alpha value is -3.72. The topological polar surface area (TPSA) is 102 Å². The fraction of sp³-hybridized carbons (Fsp3) is 0.400. The lowest BCUT2D eigenvalue weighted by Gasteiger charge is -2.26. The Kier molecular flexibility index (Phi) is 9.01. The first kappa shape index (κ1) is 28.3. The molecule has 0 amide bonds. The van der Waals surface area contributed by atoms with E-state index in [1.807, 2.05) is 31.3 Å². The van der Waals surface area contributed by atoms with Crippen molar-refractivity contribution in [3.8, 4) is 16.3 Å². The number of aryl methyl sites for hydroxylation is 1. The van der Waals surface area contributed by atoms with Crippen LogP contribution in [0.25, 0.3) is 16.6 Å². The summed E-state index contributed by atoms with van der Waals surface area (Å²) in [6.07, 6.45) is 11.4. The molecule has 1 aromatic carbocycles. The molecule has 2 aromatic heterocycles. The lowest BCUT2D eigenvalue weighted by molar-refractivity contribution is 0.359. The first-order chi connectivity index (χ1) is 18.7. The fourth-order valence-corrected chi connectivity index (χ4v) is 5.83. The van der Waals surface area contributed by atoms with Crippen LogP contribution < -0.4 is 10.1 Å². The maximum atomic E-state index is 8.31. The molecule has 0 spiro atoms. The van der Waals surface area contributed by atoms with Crippen LogP contribution in [0.3, 0.4) is 0 Å². The van der Waals surface area contributed by atoms with Crippen molar-refractivity contribution in [2.45, 2.75) is 65.8 Å². The minimum Gasteiger partial charge on any atom is -0.495 e. The van der Waals surface area contributed by atoms with Crippen molar-refractivity contribution in [1.29, 1.82) is 10.8 Å². The Balaban J connectivity index is 1.78. The van der Waals surface area contributed by atoms with Gasteiger partial charge in [-0.25, -0.2) is 9.98 Å². The molecule has 1 saturated carbocycles. The second kappa shape index (κ2) is 12.4. The van der Waals surface area contributed by atoms with E-state index in [-0.39, 0.29) is 5.84 Å². The van der Waals surface area contributed by atoms with Gasteiger partial charge in [-0.15, -0.1) is 11.3 Å². The second-order valence-electron chi connectivity index (χ2n) is 10.3. The van der Waals surface area contributed by atoms with Crippen molar-refractivity contribution < 1.29 is 4.74 Å². The van der Waals surface area contributed by atoms with Gasteiger partial charge >= 0.3 is 0 Å². The molecule has 206 valence electrons. The predicted octanol–water partition coefficient (Wildman–Crippen LogP) is 7.88. The van der Waals surface area contributed by atoms with E-state index in [2.05, 4.69) is 47.8 Å². The number of aliphatic imine (C=N–C) groups is 1. The Morgan fingerprint density at radius 1 is 1.21 bits per heavy atom. The van der Waals surface area contributed by atoms with Gasteiger partial charge < -0.3 is 19.5 Å². The molecule has 8 nitrogen and oxygen atoms in total. The largest absolute Gasteiger partial charge is 0.495 e. The minimum absolute atomic E-state index is 0.225. The number of amidine groups is 2. The molecule has 0 unspecified atom stereocenters. The van der Waals surface area contributed by atoms with Crippen LogP contribution in [0.2, 0.25) is 0 Å². The number of hydrogen-bond acceptors (Lipinski definition) is 6. The highest BCUT2D eigenvalue weighted by atomic mass is 32.1. The predicted molar refractivity (Wildman–Crippen MR) is 164 cm³/mol. The average Bonchev–Trinajstić information content (AvgIpc) is 3.51. The lowest BCUT2D eigenvalue weighted by atomic mass is 9.95. The van der Waals surface area contributed by atoms with Gasteiger partial charge in [-0.05, 0) is 64.8 Å². The molecule has 4 rings (SSSR count). The molecule has 1 fully saturated rings. The van der Waals surface area contributed by atoms with Gasteiger partial charge in [-0.2, -0.15) is 0 Å². The number of aromatic nitrogens is 2. The maximum Gasteiger partial charge on any atom is 0.143 e. The van der Waals surface area contributed by atoms with E-state index < -0.39 is 0 Å². The van der Waals surface area contributed by atoms with Gasteiger partial charge in [-0.3, -0.25) is 10.8 Å². The number of allylic oxidation sites excluding steroid dienone is 1. The third kappa shape index (κ3) is 6.47. The van der Waals surface area contributed by atoms with Gasteiger partial charge in [0, 0.05) is 30.4 Å². The van der Waals surface area contributed by atoms with Crippen LogP contribution in [0.5, 0.6) is 5.75 Å². The Labute approximate surface area is 235 Å². The van der Waals surface area contributed by atoms with E-state index in [0.29, 0.717) is 17.4 Å². The minimum atomic E-state index is 0.225. The van der Waals surface area contributed by atoms with Crippen LogP contribution in [0.1, 0.15) is 75.1 Å². The highest BCUT2D eigenvalue weighted by Gasteiger charge is 2.25. The van der Waals surface area contributed by atoms with Crippen LogP contribution in [-0.2, 0) is 0 Å². The zero-order chi connectivity index (χ0) is 28.1. The Morgan fingerprint density at radius 3 is 2.56 bits per heavy atom. The van der Waals surface area contributed by atoms with E-state index in [1.54, 1.807) is 25.5 Å². The number of nitrogens with one attached hydrogen (secondary N) is 3. The van der Waals surface area contributed by atoms with Crippen LogP contribution in [0.15, 0.2) is 41.0 Å². The highest BCUT2D eigenvalue weighted by molar-refractivity contribution is 7.15. The van der Waals surface area contributed by atoms with Crippen molar-refractivity contribution in [3.63, 3.8) is 0 Å². The molecular weight excluding hydrogens is 506 g/mol. The van der Waals surface area contributed by atoms with Crippen molar-refractivity contribution in [3.05, 3.63) is 52.2 Å². The molecule has 2 heterocycles. The summed E-state index contributed by atoms with van der Waals surface area (Å²) in [5.74, 6) is 2.54. The van der Waals surface area contributed by atoms with E-state index in [1.165, 1.54) is 40.3 Å². The molecule has 0 atom stereocenters. The fourth-order valence-electron chi connectivity index (χ4n) is 5.04. The number of anilines is 1. The van der Waals surface area contributed by atoms with Crippen LogP contribution in [-0.4, -0.2) is 46.6 Å². The number of hydrogen-bond donors (Lipinski definition) is 3. The highest BCUT2D eigenvalue weighted by Crippen LogP contribution is 2.42. The Bertz CT molecular complexity index is 1400. The number of thiazole rings is 1. The number of methoxy groups -OCH3 is 1. The summed E-state index contributed by atoms with van der Waals surface area (Å²) in [6.45, 7) is 8.26.